The average Bonchev–Trinajstić information content (AvgIpc) is 2.73. The third-order valence-corrected chi connectivity index (χ3v) is 3.95. The molecule has 0 radical (unpaired) electrons. The lowest BCUT2D eigenvalue weighted by Crippen LogP contribution is -2.64. The summed E-state index contributed by atoms with van der Waals surface area (Å²) in [6, 6.07) is 6.05. The molecule has 0 amide bonds. The summed E-state index contributed by atoms with van der Waals surface area (Å²) in [6.45, 7) is 8.67. The highest BCUT2D eigenvalue weighted by Crippen LogP contribution is 2.25. The van der Waals surface area contributed by atoms with Gasteiger partial charge in [0, 0.05) is 31.4 Å². The molecule has 4 nitrogen and oxygen atoms in total. The van der Waals surface area contributed by atoms with Crippen LogP contribution in [0, 0.1) is 0 Å². The first-order chi connectivity index (χ1) is 8.25. The molecular formula is C13H21N3O. The number of hydrogen-bond donors (Lipinski definition) is 1. The molecule has 0 saturated carbocycles. The lowest BCUT2D eigenvalue weighted by Gasteiger charge is -2.50. The third-order valence-electron chi connectivity index (χ3n) is 3.95. The first-order valence-electron chi connectivity index (χ1n) is 6.49. The van der Waals surface area contributed by atoms with Gasteiger partial charge >= 0.3 is 0 Å². The van der Waals surface area contributed by atoms with E-state index in [9.17, 15) is 0 Å². The fourth-order valence-corrected chi connectivity index (χ4v) is 3.16. The number of anilines is 1. The number of aromatic amines is 1. The van der Waals surface area contributed by atoms with Gasteiger partial charge in [-0.3, -0.25) is 4.90 Å². The smallest absolute Gasteiger partial charge is 0.105 e. The summed E-state index contributed by atoms with van der Waals surface area (Å²) < 4.78 is 5.32. The molecule has 2 fully saturated rings. The van der Waals surface area contributed by atoms with Crippen molar-refractivity contribution >= 4 is 5.82 Å². The van der Waals surface area contributed by atoms with Crippen LogP contribution in [0.4, 0.5) is 5.82 Å². The van der Waals surface area contributed by atoms with Gasteiger partial charge in [-0.2, -0.15) is 0 Å². The van der Waals surface area contributed by atoms with Crippen LogP contribution in [0.1, 0.15) is 13.8 Å². The number of hydrogen-bond acceptors (Lipinski definition) is 3. The number of piperazine rings is 1. The molecule has 4 heteroatoms. The Bertz CT molecular complexity index is 349. The lowest BCUT2D eigenvalue weighted by atomic mass is 10.0. The van der Waals surface area contributed by atoms with Crippen molar-refractivity contribution < 1.29 is 4.74 Å². The van der Waals surface area contributed by atoms with E-state index >= 15 is 0 Å². The zero-order valence-corrected chi connectivity index (χ0v) is 10.6. The standard InChI is InChI=1S/C13H21N3O/c1-10-6-15(13-4-3-5-14-13)7-11(2)16(10)12-8-17-9-12/h3-5,10-12,14H,6-9H2,1-2H3. The molecule has 0 spiro atoms. The SMILES string of the molecule is CC1CN(c2ccc[nH]2)CC(C)N1C1COC1. The van der Waals surface area contributed by atoms with Gasteiger partial charge in [-0.25, -0.2) is 0 Å². The second-order valence-corrected chi connectivity index (χ2v) is 5.30. The Morgan fingerprint density at radius 1 is 1.24 bits per heavy atom. The maximum absolute atomic E-state index is 5.32. The van der Waals surface area contributed by atoms with E-state index in [-0.39, 0.29) is 0 Å². The van der Waals surface area contributed by atoms with Gasteiger partial charge in [-0.05, 0) is 26.0 Å². The maximum atomic E-state index is 5.32. The van der Waals surface area contributed by atoms with Crippen LogP contribution in [0.25, 0.3) is 0 Å². The topological polar surface area (TPSA) is 31.5 Å². The van der Waals surface area contributed by atoms with Gasteiger partial charge in [0.1, 0.15) is 5.82 Å². The summed E-state index contributed by atoms with van der Waals surface area (Å²) in [5.74, 6) is 1.24. The highest BCUT2D eigenvalue weighted by Gasteiger charge is 2.37. The molecule has 2 aliphatic heterocycles. The molecule has 0 bridgehead atoms. The van der Waals surface area contributed by atoms with E-state index in [0.717, 1.165) is 26.3 Å². The van der Waals surface area contributed by atoms with E-state index < -0.39 is 0 Å². The third kappa shape index (κ3) is 1.96. The van der Waals surface area contributed by atoms with Crippen molar-refractivity contribution in [2.75, 3.05) is 31.2 Å². The van der Waals surface area contributed by atoms with Crippen LogP contribution in [0.5, 0.6) is 0 Å². The highest BCUT2D eigenvalue weighted by atomic mass is 16.5. The molecule has 17 heavy (non-hydrogen) atoms. The van der Waals surface area contributed by atoms with Gasteiger partial charge in [0.15, 0.2) is 0 Å². The molecule has 3 rings (SSSR count). The normalized spacial score (nSPS) is 31.5. The molecule has 1 N–H and O–H groups in total. The summed E-state index contributed by atoms with van der Waals surface area (Å²) >= 11 is 0. The number of H-pyrrole nitrogens is 1. The molecular weight excluding hydrogens is 214 g/mol. The number of nitrogens with one attached hydrogen (secondary N) is 1. The molecule has 0 aromatic carbocycles. The van der Waals surface area contributed by atoms with Crippen LogP contribution in [0.3, 0.4) is 0 Å². The highest BCUT2D eigenvalue weighted by molar-refractivity contribution is 5.40. The summed E-state index contributed by atoms with van der Waals surface area (Å²) in [5.41, 5.74) is 0. The van der Waals surface area contributed by atoms with Crippen molar-refractivity contribution in [2.24, 2.45) is 0 Å². The summed E-state index contributed by atoms with van der Waals surface area (Å²) in [6.07, 6.45) is 2.00. The number of aromatic nitrogens is 1. The van der Waals surface area contributed by atoms with Crippen LogP contribution in [-0.4, -0.2) is 54.3 Å². The second-order valence-electron chi connectivity index (χ2n) is 5.30. The van der Waals surface area contributed by atoms with Crippen molar-refractivity contribution in [1.82, 2.24) is 9.88 Å². The minimum atomic E-state index is 0.593. The zero-order valence-electron chi connectivity index (χ0n) is 10.6. The Balaban J connectivity index is 1.71. The molecule has 2 saturated heterocycles. The van der Waals surface area contributed by atoms with E-state index in [1.54, 1.807) is 0 Å². The summed E-state index contributed by atoms with van der Waals surface area (Å²) in [7, 11) is 0. The Labute approximate surface area is 103 Å². The maximum Gasteiger partial charge on any atom is 0.105 e. The number of rotatable bonds is 2. The Kier molecular flexibility index (Phi) is 2.84. The minimum Gasteiger partial charge on any atom is -0.378 e. The van der Waals surface area contributed by atoms with E-state index in [4.69, 9.17) is 4.74 Å². The molecule has 1 aromatic rings. The van der Waals surface area contributed by atoms with Crippen LogP contribution >= 0.6 is 0 Å². The van der Waals surface area contributed by atoms with Gasteiger partial charge in [0.2, 0.25) is 0 Å². The largest absolute Gasteiger partial charge is 0.378 e. The molecule has 3 heterocycles. The Morgan fingerprint density at radius 2 is 1.94 bits per heavy atom. The molecule has 94 valence electrons. The van der Waals surface area contributed by atoms with E-state index in [2.05, 4.69) is 40.8 Å². The van der Waals surface area contributed by atoms with E-state index in [1.807, 2.05) is 6.20 Å². The average molecular weight is 235 g/mol. The van der Waals surface area contributed by atoms with Crippen LogP contribution in [0.2, 0.25) is 0 Å². The van der Waals surface area contributed by atoms with Gasteiger partial charge in [0.25, 0.3) is 0 Å². The second kappa shape index (κ2) is 4.35. The Morgan fingerprint density at radius 3 is 2.41 bits per heavy atom. The van der Waals surface area contributed by atoms with Crippen molar-refractivity contribution in [1.29, 1.82) is 0 Å². The number of nitrogens with zero attached hydrogens (tertiary/aromatic N) is 2. The summed E-state index contributed by atoms with van der Waals surface area (Å²) in [4.78, 5) is 8.38. The fraction of sp³-hybridized carbons (Fsp3) is 0.692. The first-order valence-corrected chi connectivity index (χ1v) is 6.49. The van der Waals surface area contributed by atoms with Gasteiger partial charge in [-0.15, -0.1) is 0 Å². The molecule has 2 aliphatic rings. The summed E-state index contributed by atoms with van der Waals surface area (Å²) in [5, 5.41) is 0. The fourth-order valence-electron chi connectivity index (χ4n) is 3.16. The van der Waals surface area contributed by atoms with E-state index in [1.165, 1.54) is 5.82 Å². The van der Waals surface area contributed by atoms with Crippen LogP contribution in [-0.2, 0) is 4.74 Å². The van der Waals surface area contributed by atoms with Gasteiger partial charge < -0.3 is 14.6 Å². The Hall–Kier alpha value is -1.00. The number of ether oxygens (including phenoxy) is 1. The van der Waals surface area contributed by atoms with Crippen molar-refractivity contribution in [2.45, 2.75) is 32.0 Å². The van der Waals surface area contributed by atoms with Crippen molar-refractivity contribution in [3.05, 3.63) is 18.3 Å². The van der Waals surface area contributed by atoms with E-state index in [0.29, 0.717) is 18.1 Å². The van der Waals surface area contributed by atoms with Crippen molar-refractivity contribution in [3.63, 3.8) is 0 Å². The van der Waals surface area contributed by atoms with Crippen molar-refractivity contribution in [3.8, 4) is 0 Å². The van der Waals surface area contributed by atoms with Crippen LogP contribution in [0.15, 0.2) is 18.3 Å². The quantitative estimate of drug-likeness (QED) is 0.838. The molecule has 2 unspecified atom stereocenters. The lowest BCUT2D eigenvalue weighted by molar-refractivity contribution is -0.0941. The zero-order chi connectivity index (χ0) is 11.8. The molecule has 2 atom stereocenters. The molecule has 1 aromatic heterocycles. The van der Waals surface area contributed by atoms with Gasteiger partial charge in [-0.1, -0.05) is 0 Å². The monoisotopic (exact) mass is 235 g/mol. The van der Waals surface area contributed by atoms with Gasteiger partial charge in [0.05, 0.1) is 19.3 Å². The predicted molar refractivity (Wildman–Crippen MR) is 68.4 cm³/mol. The minimum absolute atomic E-state index is 0.593. The van der Waals surface area contributed by atoms with Crippen LogP contribution < -0.4 is 4.90 Å². The first kappa shape index (κ1) is 11.1. The molecule has 0 aliphatic carbocycles. The predicted octanol–water partition coefficient (Wildman–Crippen LogP) is 1.31.